The smallest absolute Gasteiger partial charge is 0.308 e. The van der Waals surface area contributed by atoms with Gasteiger partial charge in [-0.05, 0) is 42.2 Å². The molecular weight excluding hydrogens is 252 g/mol. The van der Waals surface area contributed by atoms with E-state index in [0.29, 0.717) is 11.7 Å². The summed E-state index contributed by atoms with van der Waals surface area (Å²) >= 11 is 0. The van der Waals surface area contributed by atoms with Crippen molar-refractivity contribution in [1.82, 2.24) is 0 Å². The third kappa shape index (κ3) is 5.57. The summed E-state index contributed by atoms with van der Waals surface area (Å²) in [7, 11) is 0. The highest BCUT2D eigenvalue weighted by Gasteiger charge is 2.03. The summed E-state index contributed by atoms with van der Waals surface area (Å²) < 4.78 is 5.03. The standard InChI is InChI=1S/C17H20O3/c1-4-6-17(20-14(3)18)8-5-7-13(2)15-9-11-16(19)12-10-15/h4-6,8-13,19H,1,7H2,2-3H3/b8-5-,17-6+. The van der Waals surface area contributed by atoms with Gasteiger partial charge in [0.05, 0.1) is 0 Å². The zero-order valence-corrected chi connectivity index (χ0v) is 11.9. The van der Waals surface area contributed by atoms with Crippen molar-refractivity contribution in [2.45, 2.75) is 26.2 Å². The highest BCUT2D eigenvalue weighted by atomic mass is 16.5. The van der Waals surface area contributed by atoms with Gasteiger partial charge in [-0.3, -0.25) is 4.79 Å². The van der Waals surface area contributed by atoms with Gasteiger partial charge in [0.15, 0.2) is 0 Å². The van der Waals surface area contributed by atoms with Crippen molar-refractivity contribution < 1.29 is 14.6 Å². The number of carbonyl (C=O) groups excluding carboxylic acids is 1. The van der Waals surface area contributed by atoms with Crippen LogP contribution in [0, 0.1) is 0 Å². The molecule has 0 aromatic heterocycles. The maximum absolute atomic E-state index is 10.9. The van der Waals surface area contributed by atoms with Crippen molar-refractivity contribution in [3.05, 3.63) is 66.5 Å². The van der Waals surface area contributed by atoms with Gasteiger partial charge < -0.3 is 9.84 Å². The molecule has 0 aliphatic heterocycles. The Morgan fingerprint density at radius 1 is 1.40 bits per heavy atom. The number of ether oxygens (including phenoxy) is 1. The molecule has 0 heterocycles. The first kappa shape index (κ1) is 15.8. The van der Waals surface area contributed by atoms with Crippen molar-refractivity contribution in [3.8, 4) is 5.75 Å². The van der Waals surface area contributed by atoms with Crippen LogP contribution in [0.2, 0.25) is 0 Å². The molecule has 3 nitrogen and oxygen atoms in total. The van der Waals surface area contributed by atoms with Gasteiger partial charge in [-0.1, -0.05) is 37.8 Å². The predicted octanol–water partition coefficient (Wildman–Crippen LogP) is 4.08. The lowest BCUT2D eigenvalue weighted by atomic mass is 9.97. The lowest BCUT2D eigenvalue weighted by Crippen LogP contribution is -1.97. The third-order valence-corrected chi connectivity index (χ3v) is 2.78. The van der Waals surface area contributed by atoms with Gasteiger partial charge in [-0.15, -0.1) is 0 Å². The Balaban J connectivity index is 2.62. The maximum Gasteiger partial charge on any atom is 0.308 e. The number of hydrogen-bond acceptors (Lipinski definition) is 3. The highest BCUT2D eigenvalue weighted by Crippen LogP contribution is 2.22. The molecule has 0 aliphatic rings. The van der Waals surface area contributed by atoms with Crippen LogP contribution in [0.4, 0.5) is 0 Å². The van der Waals surface area contributed by atoms with Crippen molar-refractivity contribution in [2.24, 2.45) is 0 Å². The minimum atomic E-state index is -0.352. The summed E-state index contributed by atoms with van der Waals surface area (Å²) in [5.41, 5.74) is 1.15. The van der Waals surface area contributed by atoms with Crippen molar-refractivity contribution in [2.75, 3.05) is 0 Å². The predicted molar refractivity (Wildman–Crippen MR) is 80.3 cm³/mol. The van der Waals surface area contributed by atoms with Gasteiger partial charge >= 0.3 is 5.97 Å². The van der Waals surface area contributed by atoms with Gasteiger partial charge in [0, 0.05) is 6.92 Å². The maximum atomic E-state index is 10.9. The number of allylic oxidation sites excluding steroid dienone is 4. The summed E-state index contributed by atoms with van der Waals surface area (Å²) in [5, 5.41) is 9.25. The van der Waals surface area contributed by atoms with E-state index in [2.05, 4.69) is 13.5 Å². The molecule has 1 atom stereocenters. The van der Waals surface area contributed by atoms with Crippen LogP contribution < -0.4 is 0 Å². The molecule has 0 saturated carbocycles. The van der Waals surface area contributed by atoms with Crippen LogP contribution in [0.15, 0.2) is 60.9 Å². The van der Waals surface area contributed by atoms with Crippen LogP contribution in [0.3, 0.4) is 0 Å². The molecule has 1 aromatic carbocycles. The van der Waals surface area contributed by atoms with Gasteiger partial charge in [0.2, 0.25) is 0 Å². The first-order chi connectivity index (χ1) is 9.52. The molecule has 1 N–H and O–H groups in total. The first-order valence-electron chi connectivity index (χ1n) is 6.49. The van der Waals surface area contributed by atoms with E-state index in [1.807, 2.05) is 18.2 Å². The quantitative estimate of drug-likeness (QED) is 0.482. The van der Waals surface area contributed by atoms with E-state index in [-0.39, 0.29) is 11.7 Å². The summed E-state index contributed by atoms with van der Waals surface area (Å²) in [6.07, 6.45) is 7.74. The second kappa shape index (κ2) is 8.00. The number of phenols is 1. The molecule has 1 unspecified atom stereocenters. The molecule has 0 spiro atoms. The fourth-order valence-corrected chi connectivity index (χ4v) is 1.73. The third-order valence-electron chi connectivity index (χ3n) is 2.78. The van der Waals surface area contributed by atoms with E-state index in [4.69, 9.17) is 4.74 Å². The molecule has 0 fully saturated rings. The van der Waals surface area contributed by atoms with Crippen molar-refractivity contribution in [1.29, 1.82) is 0 Å². The second-order valence-electron chi connectivity index (χ2n) is 4.53. The average Bonchev–Trinajstić information content (AvgIpc) is 2.39. The number of benzene rings is 1. The minimum absolute atomic E-state index is 0.266. The summed E-state index contributed by atoms with van der Waals surface area (Å²) in [5.74, 6) is 0.705. The molecular formula is C17H20O3. The largest absolute Gasteiger partial charge is 0.508 e. The Labute approximate surface area is 119 Å². The van der Waals surface area contributed by atoms with E-state index in [1.54, 1.807) is 30.4 Å². The molecule has 0 saturated heterocycles. The molecule has 0 bridgehead atoms. The molecule has 3 heteroatoms. The van der Waals surface area contributed by atoms with E-state index < -0.39 is 0 Å². The SMILES string of the molecule is C=C/C=C(\C=C/CC(C)c1ccc(O)cc1)OC(C)=O. The van der Waals surface area contributed by atoms with Crippen LogP contribution in [-0.4, -0.2) is 11.1 Å². The number of rotatable bonds is 6. The van der Waals surface area contributed by atoms with Crippen LogP contribution >= 0.6 is 0 Å². The minimum Gasteiger partial charge on any atom is -0.508 e. The van der Waals surface area contributed by atoms with E-state index in [1.165, 1.54) is 6.92 Å². The molecule has 1 rings (SSSR count). The molecule has 1 aromatic rings. The van der Waals surface area contributed by atoms with Gasteiger partial charge in [-0.25, -0.2) is 0 Å². The van der Waals surface area contributed by atoms with Crippen molar-refractivity contribution >= 4 is 5.97 Å². The van der Waals surface area contributed by atoms with Gasteiger partial charge in [0.1, 0.15) is 11.5 Å². The van der Waals surface area contributed by atoms with Crippen LogP contribution in [0.25, 0.3) is 0 Å². The molecule has 106 valence electrons. The molecule has 20 heavy (non-hydrogen) atoms. The molecule has 0 radical (unpaired) electrons. The van der Waals surface area contributed by atoms with Gasteiger partial charge in [-0.2, -0.15) is 0 Å². The zero-order chi connectivity index (χ0) is 15.0. The first-order valence-corrected chi connectivity index (χ1v) is 6.49. The highest BCUT2D eigenvalue weighted by molar-refractivity contribution is 5.67. The monoisotopic (exact) mass is 272 g/mol. The summed E-state index contributed by atoms with van der Waals surface area (Å²) in [6, 6.07) is 7.16. The Bertz CT molecular complexity index is 510. The number of phenolic OH excluding ortho intramolecular Hbond substituents is 1. The number of hydrogen-bond donors (Lipinski definition) is 1. The lowest BCUT2D eigenvalue weighted by Gasteiger charge is -2.09. The fraction of sp³-hybridized carbons (Fsp3) is 0.235. The topological polar surface area (TPSA) is 46.5 Å². The number of esters is 1. The summed E-state index contributed by atoms with van der Waals surface area (Å²) in [6.45, 7) is 7.04. The van der Waals surface area contributed by atoms with E-state index in [0.717, 1.165) is 12.0 Å². The lowest BCUT2D eigenvalue weighted by molar-refractivity contribution is -0.136. The summed E-state index contributed by atoms with van der Waals surface area (Å²) in [4.78, 5) is 10.9. The fourth-order valence-electron chi connectivity index (χ4n) is 1.73. The van der Waals surface area contributed by atoms with Crippen LogP contribution in [-0.2, 0) is 9.53 Å². The average molecular weight is 272 g/mol. The Kier molecular flexibility index (Phi) is 6.30. The Morgan fingerprint density at radius 3 is 2.60 bits per heavy atom. The van der Waals surface area contributed by atoms with Gasteiger partial charge in [0.25, 0.3) is 0 Å². The van der Waals surface area contributed by atoms with E-state index in [9.17, 15) is 9.90 Å². The van der Waals surface area contributed by atoms with Crippen molar-refractivity contribution in [3.63, 3.8) is 0 Å². The number of aromatic hydroxyl groups is 1. The van der Waals surface area contributed by atoms with Crippen LogP contribution in [0.1, 0.15) is 31.7 Å². The normalized spacial score (nSPS) is 13.2. The zero-order valence-electron chi connectivity index (χ0n) is 11.9. The Morgan fingerprint density at radius 2 is 2.05 bits per heavy atom. The molecule has 0 amide bonds. The van der Waals surface area contributed by atoms with Crippen LogP contribution in [0.5, 0.6) is 5.75 Å². The molecule has 0 aliphatic carbocycles. The second-order valence-corrected chi connectivity index (χ2v) is 4.53. The van der Waals surface area contributed by atoms with E-state index >= 15 is 0 Å². The Hall–Kier alpha value is -2.29. The number of carbonyl (C=O) groups is 1.